The van der Waals surface area contributed by atoms with Gasteiger partial charge in [0.2, 0.25) is 0 Å². The lowest BCUT2D eigenvalue weighted by Gasteiger charge is -2.09. The summed E-state index contributed by atoms with van der Waals surface area (Å²) in [4.78, 5) is 0. The van der Waals surface area contributed by atoms with Crippen LogP contribution in [-0.2, 0) is 6.42 Å². The topological polar surface area (TPSA) is 33.4 Å². The molecule has 1 aromatic carbocycles. The third-order valence-corrected chi connectivity index (χ3v) is 4.62. The first-order valence-corrected chi connectivity index (χ1v) is 7.42. The van der Waals surface area contributed by atoms with Crippen molar-refractivity contribution in [2.75, 3.05) is 0 Å². The average Bonchev–Trinajstić information content (AvgIpc) is 2.64. The Morgan fingerprint density at radius 2 is 1.94 bits per heavy atom. The standard InChI is InChI=1S/C12H8Br3FO2/c13-7-1-2-9(16)6(3-7)4-10(17)11-5-8(14)12(15)18-11/h1-3,5,10,17H,4H2. The monoisotopic (exact) mass is 440 g/mol. The van der Waals surface area contributed by atoms with Crippen molar-refractivity contribution in [1.82, 2.24) is 0 Å². The maximum Gasteiger partial charge on any atom is 0.183 e. The molecule has 0 fully saturated rings. The Labute approximate surface area is 129 Å². The zero-order valence-corrected chi connectivity index (χ0v) is 13.7. The van der Waals surface area contributed by atoms with E-state index in [9.17, 15) is 9.50 Å². The Bertz CT molecular complexity index is 549. The first-order chi connectivity index (χ1) is 8.47. The van der Waals surface area contributed by atoms with Gasteiger partial charge in [0.15, 0.2) is 4.67 Å². The van der Waals surface area contributed by atoms with E-state index in [4.69, 9.17) is 4.42 Å². The van der Waals surface area contributed by atoms with Crippen molar-refractivity contribution < 1.29 is 13.9 Å². The van der Waals surface area contributed by atoms with Crippen molar-refractivity contribution in [2.24, 2.45) is 0 Å². The predicted molar refractivity (Wildman–Crippen MR) is 76.9 cm³/mol. The number of benzene rings is 1. The van der Waals surface area contributed by atoms with Gasteiger partial charge in [-0.25, -0.2) is 4.39 Å². The van der Waals surface area contributed by atoms with Crippen LogP contribution in [0.2, 0.25) is 0 Å². The highest BCUT2D eigenvalue weighted by Gasteiger charge is 2.17. The number of aliphatic hydroxyl groups is 1. The van der Waals surface area contributed by atoms with Crippen LogP contribution in [0.5, 0.6) is 0 Å². The highest BCUT2D eigenvalue weighted by atomic mass is 79.9. The van der Waals surface area contributed by atoms with Gasteiger partial charge >= 0.3 is 0 Å². The van der Waals surface area contributed by atoms with Gasteiger partial charge in [-0.15, -0.1) is 0 Å². The van der Waals surface area contributed by atoms with Crippen molar-refractivity contribution in [3.05, 3.63) is 55.0 Å². The number of halogens is 4. The molecule has 0 saturated carbocycles. The molecule has 0 saturated heterocycles. The van der Waals surface area contributed by atoms with Crippen LogP contribution in [0.25, 0.3) is 0 Å². The zero-order valence-electron chi connectivity index (χ0n) is 8.96. The molecule has 18 heavy (non-hydrogen) atoms. The second kappa shape index (κ2) is 5.86. The summed E-state index contributed by atoms with van der Waals surface area (Å²) in [6, 6.07) is 6.28. The minimum atomic E-state index is -0.892. The summed E-state index contributed by atoms with van der Waals surface area (Å²) in [5.74, 6) is 0.0371. The summed E-state index contributed by atoms with van der Waals surface area (Å²) in [5.41, 5.74) is 0.431. The summed E-state index contributed by atoms with van der Waals surface area (Å²) in [7, 11) is 0. The molecule has 0 aliphatic heterocycles. The second-order valence-corrected chi connectivity index (χ2v) is 6.22. The van der Waals surface area contributed by atoms with Crippen LogP contribution in [0.1, 0.15) is 17.4 Å². The molecule has 1 aromatic heterocycles. The molecule has 0 bridgehead atoms. The molecule has 1 heterocycles. The van der Waals surface area contributed by atoms with Crippen LogP contribution in [0.15, 0.2) is 42.3 Å². The van der Waals surface area contributed by atoms with Crippen LogP contribution in [-0.4, -0.2) is 5.11 Å². The van der Waals surface area contributed by atoms with Crippen molar-refractivity contribution in [3.8, 4) is 0 Å². The molecule has 0 amide bonds. The van der Waals surface area contributed by atoms with Gasteiger partial charge in [0.1, 0.15) is 17.7 Å². The van der Waals surface area contributed by atoms with Crippen LogP contribution in [0.3, 0.4) is 0 Å². The van der Waals surface area contributed by atoms with Gasteiger partial charge in [0, 0.05) is 10.9 Å². The molecular weight excluding hydrogens is 435 g/mol. The van der Waals surface area contributed by atoms with Crippen molar-refractivity contribution in [1.29, 1.82) is 0 Å². The number of hydrogen-bond donors (Lipinski definition) is 1. The zero-order chi connectivity index (χ0) is 13.3. The lowest BCUT2D eigenvalue weighted by Crippen LogP contribution is -2.02. The highest BCUT2D eigenvalue weighted by Crippen LogP contribution is 2.31. The van der Waals surface area contributed by atoms with Gasteiger partial charge in [0.05, 0.1) is 4.47 Å². The van der Waals surface area contributed by atoms with E-state index in [1.807, 2.05) is 0 Å². The van der Waals surface area contributed by atoms with Crippen molar-refractivity contribution in [2.45, 2.75) is 12.5 Å². The van der Waals surface area contributed by atoms with Crippen molar-refractivity contribution in [3.63, 3.8) is 0 Å². The molecule has 1 N–H and O–H groups in total. The maximum absolute atomic E-state index is 13.5. The van der Waals surface area contributed by atoms with Crippen LogP contribution in [0.4, 0.5) is 4.39 Å². The third kappa shape index (κ3) is 3.23. The Morgan fingerprint density at radius 1 is 1.22 bits per heavy atom. The van der Waals surface area contributed by atoms with E-state index in [-0.39, 0.29) is 12.2 Å². The van der Waals surface area contributed by atoms with Crippen LogP contribution >= 0.6 is 47.8 Å². The highest BCUT2D eigenvalue weighted by molar-refractivity contribution is 9.13. The fraction of sp³-hybridized carbons (Fsp3) is 0.167. The molecule has 0 spiro atoms. The Balaban J connectivity index is 2.20. The van der Waals surface area contributed by atoms with Gasteiger partial charge in [-0.05, 0) is 61.7 Å². The Morgan fingerprint density at radius 3 is 2.56 bits per heavy atom. The van der Waals surface area contributed by atoms with Gasteiger partial charge in [-0.2, -0.15) is 0 Å². The molecule has 2 rings (SSSR count). The fourth-order valence-corrected chi connectivity index (χ4v) is 2.55. The third-order valence-electron chi connectivity index (χ3n) is 2.41. The molecule has 2 aromatic rings. The predicted octanol–water partition coefficient (Wildman–Crippen LogP) is 4.98. The van der Waals surface area contributed by atoms with Crippen LogP contribution in [0, 0.1) is 5.82 Å². The number of hydrogen-bond acceptors (Lipinski definition) is 2. The lowest BCUT2D eigenvalue weighted by atomic mass is 10.1. The summed E-state index contributed by atoms with van der Waals surface area (Å²) in [6.07, 6.45) is -0.742. The minimum Gasteiger partial charge on any atom is -0.450 e. The van der Waals surface area contributed by atoms with E-state index >= 15 is 0 Å². The lowest BCUT2D eigenvalue weighted by molar-refractivity contribution is 0.147. The summed E-state index contributed by atoms with van der Waals surface area (Å²) in [6.45, 7) is 0. The minimum absolute atomic E-state index is 0.150. The van der Waals surface area contributed by atoms with Gasteiger partial charge < -0.3 is 9.52 Å². The first kappa shape index (κ1) is 14.2. The van der Waals surface area contributed by atoms with Crippen molar-refractivity contribution >= 4 is 47.8 Å². The molecule has 1 atom stereocenters. The quantitative estimate of drug-likeness (QED) is 0.727. The molecule has 1 unspecified atom stereocenters. The van der Waals surface area contributed by atoms with Gasteiger partial charge in [-0.3, -0.25) is 0 Å². The Hall–Kier alpha value is -0.170. The van der Waals surface area contributed by atoms with E-state index in [1.54, 1.807) is 18.2 Å². The molecule has 6 heteroatoms. The van der Waals surface area contributed by atoms with Gasteiger partial charge in [-0.1, -0.05) is 15.9 Å². The number of rotatable bonds is 3. The maximum atomic E-state index is 13.5. The average molecular weight is 443 g/mol. The van der Waals surface area contributed by atoms with Gasteiger partial charge in [0.25, 0.3) is 0 Å². The first-order valence-electron chi connectivity index (χ1n) is 5.04. The summed E-state index contributed by atoms with van der Waals surface area (Å²) >= 11 is 9.72. The van der Waals surface area contributed by atoms with E-state index in [1.165, 1.54) is 6.07 Å². The van der Waals surface area contributed by atoms with E-state index in [2.05, 4.69) is 47.8 Å². The number of aliphatic hydroxyl groups excluding tert-OH is 1. The van der Waals surface area contributed by atoms with E-state index in [0.29, 0.717) is 20.5 Å². The molecule has 96 valence electrons. The summed E-state index contributed by atoms with van der Waals surface area (Å²) < 4.78 is 20.8. The fourth-order valence-electron chi connectivity index (χ4n) is 1.54. The number of furan rings is 1. The second-order valence-electron chi connectivity index (χ2n) is 3.73. The van der Waals surface area contributed by atoms with E-state index in [0.717, 1.165) is 4.47 Å². The SMILES string of the molecule is OC(Cc1cc(Br)ccc1F)c1cc(Br)c(Br)o1. The normalized spacial score (nSPS) is 12.7. The van der Waals surface area contributed by atoms with Crippen LogP contribution < -0.4 is 0 Å². The summed E-state index contributed by atoms with van der Waals surface area (Å²) in [5, 5.41) is 10.0. The smallest absolute Gasteiger partial charge is 0.183 e. The molecule has 2 nitrogen and oxygen atoms in total. The Kier molecular flexibility index (Phi) is 4.64. The molecule has 0 radical (unpaired) electrons. The van der Waals surface area contributed by atoms with E-state index < -0.39 is 6.10 Å². The largest absolute Gasteiger partial charge is 0.450 e. The molecule has 0 aliphatic rings. The molecule has 0 aliphatic carbocycles. The molecular formula is C12H8Br3FO2.